The number of rotatable bonds is 3. The standard InChI is InChI=1S/C15H28N2/c1-17(2)15(11-7-8-12-15)14(16)13-9-5-3-4-6-10-13/h9,14H,3-8,10-12,16H2,1-2H3. The minimum absolute atomic E-state index is 0.246. The average molecular weight is 236 g/mol. The first-order valence-corrected chi connectivity index (χ1v) is 7.29. The molecule has 2 heteroatoms. The molecule has 2 aliphatic rings. The Balaban J connectivity index is 2.15. The molecule has 2 N–H and O–H groups in total. The Morgan fingerprint density at radius 3 is 2.47 bits per heavy atom. The van der Waals surface area contributed by atoms with Gasteiger partial charge in [-0.25, -0.2) is 0 Å². The third-order valence-corrected chi connectivity index (χ3v) is 4.91. The molecule has 2 nitrogen and oxygen atoms in total. The number of nitrogens with two attached hydrogens (primary N) is 1. The van der Waals surface area contributed by atoms with Gasteiger partial charge in [0, 0.05) is 11.6 Å². The molecule has 17 heavy (non-hydrogen) atoms. The van der Waals surface area contributed by atoms with Gasteiger partial charge >= 0.3 is 0 Å². The van der Waals surface area contributed by atoms with Crippen LogP contribution in [0.1, 0.15) is 57.8 Å². The van der Waals surface area contributed by atoms with E-state index in [9.17, 15) is 0 Å². The first-order valence-electron chi connectivity index (χ1n) is 7.29. The van der Waals surface area contributed by atoms with Crippen LogP contribution in [0.3, 0.4) is 0 Å². The number of likely N-dealkylation sites (N-methyl/N-ethyl adjacent to an activating group) is 1. The van der Waals surface area contributed by atoms with Crippen LogP contribution in [-0.2, 0) is 0 Å². The lowest BCUT2D eigenvalue weighted by Gasteiger charge is -2.42. The van der Waals surface area contributed by atoms with Gasteiger partial charge in [0.05, 0.1) is 0 Å². The molecular formula is C15H28N2. The number of nitrogens with zero attached hydrogens (tertiary/aromatic N) is 1. The van der Waals surface area contributed by atoms with Crippen LogP contribution in [-0.4, -0.2) is 30.6 Å². The SMILES string of the molecule is CN(C)C1(C(N)C2=CCCCCC2)CCCC1. The zero-order valence-electron chi connectivity index (χ0n) is 11.5. The molecule has 1 saturated carbocycles. The zero-order chi connectivity index (χ0) is 12.3. The molecule has 0 aliphatic heterocycles. The molecule has 0 aromatic carbocycles. The van der Waals surface area contributed by atoms with Gasteiger partial charge in [-0.3, -0.25) is 0 Å². The number of allylic oxidation sites excluding steroid dienone is 1. The molecular weight excluding hydrogens is 208 g/mol. The fourth-order valence-electron chi connectivity index (χ4n) is 3.69. The quantitative estimate of drug-likeness (QED) is 0.763. The summed E-state index contributed by atoms with van der Waals surface area (Å²) >= 11 is 0. The highest BCUT2D eigenvalue weighted by Gasteiger charge is 2.42. The van der Waals surface area contributed by atoms with Crippen LogP contribution in [0.5, 0.6) is 0 Å². The van der Waals surface area contributed by atoms with E-state index in [0.29, 0.717) is 0 Å². The molecule has 1 atom stereocenters. The first-order chi connectivity index (χ1) is 8.17. The monoisotopic (exact) mass is 236 g/mol. The van der Waals surface area contributed by atoms with Gasteiger partial charge in [0.1, 0.15) is 0 Å². The highest BCUT2D eigenvalue weighted by atomic mass is 15.2. The fraction of sp³-hybridized carbons (Fsp3) is 0.867. The van der Waals surface area contributed by atoms with Gasteiger partial charge in [-0.05, 0) is 52.6 Å². The van der Waals surface area contributed by atoms with Gasteiger partial charge in [0.25, 0.3) is 0 Å². The van der Waals surface area contributed by atoms with Crippen molar-refractivity contribution < 1.29 is 0 Å². The highest BCUT2D eigenvalue weighted by Crippen LogP contribution is 2.39. The maximum Gasteiger partial charge on any atom is 0.0441 e. The largest absolute Gasteiger partial charge is 0.323 e. The summed E-state index contributed by atoms with van der Waals surface area (Å²) in [6, 6.07) is 0.262. The van der Waals surface area contributed by atoms with Crippen LogP contribution in [0, 0.1) is 0 Å². The summed E-state index contributed by atoms with van der Waals surface area (Å²) in [6.45, 7) is 0. The normalized spacial score (nSPS) is 26.7. The Morgan fingerprint density at radius 1 is 1.12 bits per heavy atom. The van der Waals surface area contributed by atoms with E-state index in [1.165, 1.54) is 63.4 Å². The molecule has 2 rings (SSSR count). The summed E-state index contributed by atoms with van der Waals surface area (Å²) < 4.78 is 0. The smallest absolute Gasteiger partial charge is 0.0441 e. The van der Waals surface area contributed by atoms with E-state index in [2.05, 4.69) is 25.1 Å². The van der Waals surface area contributed by atoms with Crippen molar-refractivity contribution in [1.29, 1.82) is 0 Å². The van der Waals surface area contributed by atoms with E-state index in [0.717, 1.165) is 0 Å². The van der Waals surface area contributed by atoms with Gasteiger partial charge < -0.3 is 10.6 Å². The van der Waals surface area contributed by atoms with Gasteiger partial charge in [-0.2, -0.15) is 0 Å². The van der Waals surface area contributed by atoms with Gasteiger partial charge in [-0.1, -0.05) is 30.9 Å². The minimum atomic E-state index is 0.246. The molecule has 1 fully saturated rings. The zero-order valence-corrected chi connectivity index (χ0v) is 11.5. The van der Waals surface area contributed by atoms with E-state index in [1.54, 1.807) is 0 Å². The molecule has 0 aromatic heterocycles. The van der Waals surface area contributed by atoms with Crippen LogP contribution >= 0.6 is 0 Å². The second-order valence-corrected chi connectivity index (χ2v) is 6.06. The molecule has 0 bridgehead atoms. The van der Waals surface area contributed by atoms with Gasteiger partial charge in [-0.15, -0.1) is 0 Å². The predicted molar refractivity (Wildman–Crippen MR) is 74.0 cm³/mol. The average Bonchev–Trinajstić information content (AvgIpc) is 2.66. The lowest BCUT2D eigenvalue weighted by molar-refractivity contribution is 0.135. The summed E-state index contributed by atoms with van der Waals surface area (Å²) in [4.78, 5) is 2.40. The Labute approximate surface area is 106 Å². The highest BCUT2D eigenvalue weighted by molar-refractivity contribution is 5.20. The third kappa shape index (κ3) is 2.58. The van der Waals surface area contributed by atoms with Gasteiger partial charge in [0.15, 0.2) is 0 Å². The molecule has 1 unspecified atom stereocenters. The van der Waals surface area contributed by atoms with Crippen molar-refractivity contribution in [2.45, 2.75) is 69.4 Å². The summed E-state index contributed by atoms with van der Waals surface area (Å²) in [5, 5.41) is 0. The molecule has 0 heterocycles. The van der Waals surface area contributed by atoms with Crippen molar-refractivity contribution in [1.82, 2.24) is 4.90 Å². The summed E-state index contributed by atoms with van der Waals surface area (Å²) in [7, 11) is 4.42. The van der Waals surface area contributed by atoms with Crippen LogP contribution < -0.4 is 5.73 Å². The number of hydrogen-bond acceptors (Lipinski definition) is 2. The predicted octanol–water partition coefficient (Wildman–Crippen LogP) is 3.08. The fourth-order valence-corrected chi connectivity index (χ4v) is 3.69. The Hall–Kier alpha value is -0.340. The van der Waals surface area contributed by atoms with Crippen LogP contribution in [0.25, 0.3) is 0 Å². The molecule has 0 radical (unpaired) electrons. The summed E-state index contributed by atoms with van der Waals surface area (Å²) in [5.41, 5.74) is 8.44. The number of hydrogen-bond donors (Lipinski definition) is 1. The molecule has 0 spiro atoms. The van der Waals surface area contributed by atoms with E-state index in [4.69, 9.17) is 5.73 Å². The molecule has 0 amide bonds. The maximum atomic E-state index is 6.65. The molecule has 0 saturated heterocycles. The van der Waals surface area contributed by atoms with E-state index in [1.807, 2.05) is 0 Å². The molecule has 98 valence electrons. The minimum Gasteiger partial charge on any atom is -0.323 e. The van der Waals surface area contributed by atoms with Crippen molar-refractivity contribution in [2.75, 3.05) is 14.1 Å². The Bertz CT molecular complexity index is 275. The topological polar surface area (TPSA) is 29.3 Å². The van der Waals surface area contributed by atoms with Gasteiger partial charge in [0.2, 0.25) is 0 Å². The lowest BCUT2D eigenvalue weighted by Crippen LogP contribution is -2.56. The van der Waals surface area contributed by atoms with E-state index in [-0.39, 0.29) is 11.6 Å². The third-order valence-electron chi connectivity index (χ3n) is 4.91. The van der Waals surface area contributed by atoms with E-state index < -0.39 is 0 Å². The van der Waals surface area contributed by atoms with E-state index >= 15 is 0 Å². The van der Waals surface area contributed by atoms with Crippen molar-refractivity contribution in [3.63, 3.8) is 0 Å². The van der Waals surface area contributed by atoms with Crippen LogP contribution in [0.2, 0.25) is 0 Å². The van der Waals surface area contributed by atoms with Crippen molar-refractivity contribution in [2.24, 2.45) is 5.73 Å². The van der Waals surface area contributed by atoms with Crippen LogP contribution in [0.15, 0.2) is 11.6 Å². The molecule has 2 aliphatic carbocycles. The lowest BCUT2D eigenvalue weighted by atomic mass is 9.81. The van der Waals surface area contributed by atoms with Crippen molar-refractivity contribution >= 4 is 0 Å². The van der Waals surface area contributed by atoms with Crippen molar-refractivity contribution in [3.05, 3.63) is 11.6 Å². The summed E-state index contributed by atoms with van der Waals surface area (Å²) in [6.07, 6.45) is 14.2. The first kappa shape index (κ1) is 13.1. The Morgan fingerprint density at radius 2 is 1.82 bits per heavy atom. The van der Waals surface area contributed by atoms with Crippen LogP contribution in [0.4, 0.5) is 0 Å². The maximum absolute atomic E-state index is 6.65. The van der Waals surface area contributed by atoms with Crippen molar-refractivity contribution in [3.8, 4) is 0 Å². The second kappa shape index (κ2) is 5.53. The Kier molecular flexibility index (Phi) is 4.26. The second-order valence-electron chi connectivity index (χ2n) is 6.06. The summed E-state index contributed by atoms with van der Waals surface area (Å²) in [5.74, 6) is 0. The molecule has 0 aromatic rings.